The van der Waals surface area contributed by atoms with Crippen molar-refractivity contribution in [3.63, 3.8) is 0 Å². The highest BCUT2D eigenvalue weighted by Gasteiger charge is 2.10. The van der Waals surface area contributed by atoms with Crippen LogP contribution in [0.5, 0.6) is 0 Å². The lowest BCUT2D eigenvalue weighted by molar-refractivity contribution is 0.608. The zero-order valence-electron chi connectivity index (χ0n) is 9.46. The Labute approximate surface area is 104 Å². The number of hydrogen-bond acceptors (Lipinski definition) is 4. The molecule has 0 saturated heterocycles. The lowest BCUT2D eigenvalue weighted by atomic mass is 10.1. The molecule has 0 amide bonds. The van der Waals surface area contributed by atoms with E-state index in [1.54, 1.807) is 10.7 Å². The highest BCUT2D eigenvalue weighted by molar-refractivity contribution is 8.13. The molecule has 7 heteroatoms. The van der Waals surface area contributed by atoms with Crippen LogP contribution in [-0.4, -0.2) is 23.0 Å². The van der Waals surface area contributed by atoms with E-state index in [9.17, 15) is 8.42 Å². The molecule has 5 nitrogen and oxygen atoms in total. The van der Waals surface area contributed by atoms with Crippen LogP contribution in [0.25, 0.3) is 5.65 Å². The van der Waals surface area contributed by atoms with E-state index in [1.165, 1.54) is 6.20 Å². The maximum absolute atomic E-state index is 11.0. The van der Waals surface area contributed by atoms with Crippen molar-refractivity contribution >= 4 is 25.4 Å². The minimum absolute atomic E-state index is 0.242. The molecule has 0 N–H and O–H groups in total. The Morgan fingerprint density at radius 1 is 1.47 bits per heavy atom. The van der Waals surface area contributed by atoms with Gasteiger partial charge >= 0.3 is 0 Å². The van der Waals surface area contributed by atoms with Gasteiger partial charge in [-0.15, -0.1) is 0 Å². The molecule has 2 rings (SSSR count). The normalized spacial score (nSPS) is 12.5. The maximum Gasteiger partial charge on any atom is 0.236 e. The summed E-state index contributed by atoms with van der Waals surface area (Å²) in [6, 6.07) is 1.88. The smallest absolute Gasteiger partial charge is 0.236 e. The van der Waals surface area contributed by atoms with E-state index in [-0.39, 0.29) is 5.75 Å². The van der Waals surface area contributed by atoms with Crippen molar-refractivity contribution in [1.82, 2.24) is 14.6 Å². The first-order valence-electron chi connectivity index (χ1n) is 5.12. The molecule has 17 heavy (non-hydrogen) atoms. The van der Waals surface area contributed by atoms with Crippen LogP contribution in [0.1, 0.15) is 31.0 Å². The summed E-state index contributed by atoms with van der Waals surface area (Å²) >= 11 is 0. The molecule has 0 aromatic carbocycles. The van der Waals surface area contributed by atoms with Gasteiger partial charge in [0, 0.05) is 34.7 Å². The fourth-order valence-electron chi connectivity index (χ4n) is 1.49. The highest BCUT2D eigenvalue weighted by atomic mass is 35.7. The molecule has 0 unspecified atom stereocenters. The van der Waals surface area contributed by atoms with Crippen LogP contribution < -0.4 is 0 Å². The van der Waals surface area contributed by atoms with Crippen molar-refractivity contribution in [1.29, 1.82) is 0 Å². The van der Waals surface area contributed by atoms with E-state index >= 15 is 0 Å². The maximum atomic E-state index is 11.0. The highest BCUT2D eigenvalue weighted by Crippen LogP contribution is 2.15. The molecule has 2 aromatic heterocycles. The van der Waals surface area contributed by atoms with Gasteiger partial charge in [0.25, 0.3) is 0 Å². The molecular weight excluding hydrogens is 262 g/mol. The molecular formula is C10H12ClN3O2S. The Morgan fingerprint density at radius 2 is 2.18 bits per heavy atom. The van der Waals surface area contributed by atoms with Crippen LogP contribution in [-0.2, 0) is 14.8 Å². The van der Waals surface area contributed by atoms with Crippen molar-refractivity contribution < 1.29 is 8.42 Å². The molecule has 0 spiro atoms. The molecule has 0 fully saturated rings. The molecule has 2 aromatic rings. The van der Waals surface area contributed by atoms with Crippen molar-refractivity contribution in [3.05, 3.63) is 29.7 Å². The SMILES string of the molecule is CC(C)c1cc2ncc(CS(=O)(=O)Cl)cn2n1. The molecule has 0 aliphatic heterocycles. The van der Waals surface area contributed by atoms with Gasteiger partial charge in [-0.25, -0.2) is 17.9 Å². The fourth-order valence-corrected chi connectivity index (χ4v) is 2.41. The van der Waals surface area contributed by atoms with E-state index < -0.39 is 9.05 Å². The topological polar surface area (TPSA) is 64.3 Å². The van der Waals surface area contributed by atoms with E-state index in [0.29, 0.717) is 17.1 Å². The third-order valence-corrected chi connectivity index (χ3v) is 3.32. The first-order valence-corrected chi connectivity index (χ1v) is 7.59. The summed E-state index contributed by atoms with van der Waals surface area (Å²) in [6.45, 7) is 4.07. The van der Waals surface area contributed by atoms with Gasteiger partial charge in [0.05, 0.1) is 11.4 Å². The van der Waals surface area contributed by atoms with Gasteiger partial charge in [-0.3, -0.25) is 0 Å². The Morgan fingerprint density at radius 3 is 2.76 bits per heavy atom. The van der Waals surface area contributed by atoms with Crippen LogP contribution in [0, 0.1) is 0 Å². The number of aromatic nitrogens is 3. The number of hydrogen-bond donors (Lipinski definition) is 0. The number of halogens is 1. The summed E-state index contributed by atoms with van der Waals surface area (Å²) in [7, 11) is 1.63. The van der Waals surface area contributed by atoms with Crippen LogP contribution in [0.2, 0.25) is 0 Å². The second-order valence-corrected chi connectivity index (χ2v) is 6.95. The molecule has 0 atom stereocenters. The average Bonchev–Trinajstić information content (AvgIpc) is 2.57. The standard InChI is InChI=1S/C10H12ClN3O2S/c1-7(2)9-3-10-12-4-8(5-14(10)13-9)6-17(11,15)16/h3-5,7H,6H2,1-2H3. The lowest BCUT2D eigenvalue weighted by Gasteiger charge is -1.98. The molecule has 0 radical (unpaired) electrons. The fraction of sp³-hybridized carbons (Fsp3) is 0.400. The number of nitrogens with zero attached hydrogens (tertiary/aromatic N) is 3. The minimum atomic E-state index is -3.56. The van der Waals surface area contributed by atoms with Crippen molar-refractivity contribution in [2.24, 2.45) is 0 Å². The van der Waals surface area contributed by atoms with Crippen LogP contribution in [0.3, 0.4) is 0 Å². The largest absolute Gasteiger partial charge is 0.237 e. The zero-order chi connectivity index (χ0) is 12.6. The number of rotatable bonds is 3. The van der Waals surface area contributed by atoms with Crippen LogP contribution in [0.4, 0.5) is 0 Å². The Hall–Kier alpha value is -1.14. The zero-order valence-corrected chi connectivity index (χ0v) is 11.0. The summed E-state index contributed by atoms with van der Waals surface area (Å²) in [6.07, 6.45) is 3.13. The molecule has 0 aliphatic rings. The molecule has 0 bridgehead atoms. The first kappa shape index (κ1) is 12.3. The lowest BCUT2D eigenvalue weighted by Crippen LogP contribution is -1.99. The summed E-state index contributed by atoms with van der Waals surface area (Å²) in [4.78, 5) is 4.15. The second-order valence-electron chi connectivity index (χ2n) is 4.17. The van der Waals surface area contributed by atoms with Crippen molar-refractivity contribution in [3.8, 4) is 0 Å². The predicted octanol–water partition coefficient (Wildman–Crippen LogP) is 1.92. The van der Waals surface area contributed by atoms with E-state index in [1.807, 2.05) is 19.9 Å². The Balaban J connectivity index is 2.43. The van der Waals surface area contributed by atoms with Gasteiger partial charge in [-0.05, 0) is 5.92 Å². The molecule has 0 aliphatic carbocycles. The van der Waals surface area contributed by atoms with Crippen molar-refractivity contribution in [2.75, 3.05) is 0 Å². The third-order valence-electron chi connectivity index (χ3n) is 2.32. The van der Waals surface area contributed by atoms with E-state index in [0.717, 1.165) is 5.69 Å². The van der Waals surface area contributed by atoms with Crippen LogP contribution >= 0.6 is 10.7 Å². The van der Waals surface area contributed by atoms with Crippen molar-refractivity contribution in [2.45, 2.75) is 25.5 Å². The predicted molar refractivity (Wildman–Crippen MR) is 65.6 cm³/mol. The van der Waals surface area contributed by atoms with Gasteiger partial charge in [0.1, 0.15) is 0 Å². The molecule has 2 heterocycles. The Kier molecular flexibility index (Phi) is 3.09. The summed E-state index contributed by atoms with van der Waals surface area (Å²) < 4.78 is 23.5. The third kappa shape index (κ3) is 2.95. The second kappa shape index (κ2) is 4.27. The first-order chi connectivity index (χ1) is 7.85. The monoisotopic (exact) mass is 273 g/mol. The Bertz CT molecular complexity index is 649. The van der Waals surface area contributed by atoms with Gasteiger partial charge in [-0.2, -0.15) is 5.10 Å². The van der Waals surface area contributed by atoms with Crippen LogP contribution in [0.15, 0.2) is 18.5 Å². The average molecular weight is 274 g/mol. The van der Waals surface area contributed by atoms with E-state index in [4.69, 9.17) is 10.7 Å². The van der Waals surface area contributed by atoms with E-state index in [2.05, 4.69) is 10.1 Å². The summed E-state index contributed by atoms with van der Waals surface area (Å²) in [5.41, 5.74) is 2.14. The van der Waals surface area contributed by atoms with Gasteiger partial charge in [-0.1, -0.05) is 13.8 Å². The summed E-state index contributed by atoms with van der Waals surface area (Å²) in [5, 5.41) is 4.32. The minimum Gasteiger partial charge on any atom is -0.237 e. The molecule has 92 valence electrons. The number of fused-ring (bicyclic) bond motifs is 1. The van der Waals surface area contributed by atoms with Gasteiger partial charge < -0.3 is 0 Å². The quantitative estimate of drug-likeness (QED) is 0.802. The van der Waals surface area contributed by atoms with Gasteiger partial charge in [0.15, 0.2) is 5.65 Å². The summed E-state index contributed by atoms with van der Waals surface area (Å²) in [5.74, 6) is 0.0610. The van der Waals surface area contributed by atoms with Gasteiger partial charge in [0.2, 0.25) is 9.05 Å². The molecule has 0 saturated carbocycles.